The van der Waals surface area contributed by atoms with E-state index in [-0.39, 0.29) is 23.6 Å². The van der Waals surface area contributed by atoms with Crippen molar-refractivity contribution in [2.45, 2.75) is 45.1 Å². The van der Waals surface area contributed by atoms with Gasteiger partial charge in [-0.2, -0.15) is 5.10 Å². The minimum atomic E-state index is -0.831. The Morgan fingerprint density at radius 2 is 1.77 bits per heavy atom. The second-order valence-electron chi connectivity index (χ2n) is 9.83. The van der Waals surface area contributed by atoms with Crippen molar-refractivity contribution in [2.24, 2.45) is 0 Å². The molecule has 0 fully saturated rings. The number of imide groups is 1. The van der Waals surface area contributed by atoms with Gasteiger partial charge in [-0.25, -0.2) is 13.6 Å². The first-order valence-corrected chi connectivity index (χ1v) is 13.7. The lowest BCUT2D eigenvalue weighted by Gasteiger charge is -2.11. The first kappa shape index (κ1) is 30.8. The number of pyridine rings is 1. The van der Waals surface area contributed by atoms with Gasteiger partial charge in [0, 0.05) is 54.1 Å². The second-order valence-corrected chi connectivity index (χ2v) is 9.83. The number of allylic oxidation sites excluding steroid dienone is 1. The number of rotatable bonds is 14. The van der Waals surface area contributed by atoms with Crippen LogP contribution in [0.3, 0.4) is 0 Å². The summed E-state index contributed by atoms with van der Waals surface area (Å²) < 4.78 is 35.1. The van der Waals surface area contributed by atoms with Crippen molar-refractivity contribution in [2.75, 3.05) is 5.32 Å². The smallest absolute Gasteiger partial charge is 0.325 e. The molecule has 4 aromatic rings. The number of unbranched alkanes of at least 4 members (excludes halogenated alkanes) is 2. The summed E-state index contributed by atoms with van der Waals surface area (Å²) in [4.78, 5) is 40.8. The Kier molecular flexibility index (Phi) is 10.8. The lowest BCUT2D eigenvalue weighted by Crippen LogP contribution is -2.35. The van der Waals surface area contributed by atoms with Crippen molar-refractivity contribution in [3.05, 3.63) is 114 Å². The fourth-order valence-electron chi connectivity index (χ4n) is 4.19. The molecule has 0 bridgehead atoms. The number of Topliss-reactive ketones (excluding diaryl/α,β-unsaturated/α-hetero) is 1. The predicted octanol–water partition coefficient (Wildman–Crippen LogP) is 6.17. The molecule has 0 aliphatic carbocycles. The van der Waals surface area contributed by atoms with Crippen molar-refractivity contribution < 1.29 is 27.9 Å². The number of halogens is 2. The van der Waals surface area contributed by atoms with Crippen LogP contribution in [0.2, 0.25) is 0 Å². The normalized spacial score (nSPS) is 10.7. The fraction of sp³-hybridized carbons (Fsp3) is 0.219. The van der Waals surface area contributed by atoms with E-state index in [1.807, 2.05) is 0 Å². The van der Waals surface area contributed by atoms with Crippen LogP contribution in [0, 0.1) is 11.6 Å². The number of urea groups is 1. The monoisotopic (exact) mass is 587 g/mol. The fourth-order valence-corrected chi connectivity index (χ4v) is 4.19. The van der Waals surface area contributed by atoms with Gasteiger partial charge in [0.15, 0.2) is 17.3 Å². The number of hydrogen-bond acceptors (Lipinski definition) is 6. The van der Waals surface area contributed by atoms with Gasteiger partial charge in [-0.05, 0) is 61.2 Å². The number of benzene rings is 2. The third-order valence-electron chi connectivity index (χ3n) is 6.38. The molecule has 0 spiro atoms. The standard InChI is InChI=1S/C32H31F2N5O4/c1-22(21-39-17-5-15-36-39)29(40)7-4-2-3-6-25-19-27(14-16-35-25)43-30-13-12-26(20-28(30)34)37-32(42)38-31(41)18-23-8-10-24(33)11-9-23/h5,8-17,19-20H,1-4,6-7,18,21H2,(H2,37,38,41,42). The summed E-state index contributed by atoms with van der Waals surface area (Å²) >= 11 is 0. The van der Waals surface area contributed by atoms with Crippen LogP contribution >= 0.6 is 0 Å². The maximum absolute atomic E-state index is 14.7. The lowest BCUT2D eigenvalue weighted by molar-refractivity contribution is -0.119. The molecule has 9 nitrogen and oxygen atoms in total. The Morgan fingerprint density at radius 3 is 2.51 bits per heavy atom. The summed E-state index contributed by atoms with van der Waals surface area (Å²) in [5.41, 5.74) is 1.96. The molecule has 0 aliphatic rings. The van der Waals surface area contributed by atoms with Crippen molar-refractivity contribution >= 4 is 23.4 Å². The van der Waals surface area contributed by atoms with Crippen molar-refractivity contribution in [3.63, 3.8) is 0 Å². The van der Waals surface area contributed by atoms with E-state index in [2.05, 4.69) is 27.3 Å². The first-order valence-electron chi connectivity index (χ1n) is 13.7. The Bertz CT molecular complexity index is 1570. The number of aryl methyl sites for hydroxylation is 1. The molecule has 0 unspecified atom stereocenters. The van der Waals surface area contributed by atoms with Crippen LogP contribution in [-0.4, -0.2) is 32.5 Å². The van der Waals surface area contributed by atoms with Crippen LogP contribution in [0.4, 0.5) is 19.3 Å². The lowest BCUT2D eigenvalue weighted by atomic mass is 10.0. The molecule has 11 heteroatoms. The molecule has 3 amide bonds. The number of aromatic nitrogens is 3. The first-order chi connectivity index (χ1) is 20.7. The average molecular weight is 588 g/mol. The third kappa shape index (κ3) is 9.99. The van der Waals surface area contributed by atoms with Crippen LogP contribution in [0.1, 0.15) is 36.9 Å². The third-order valence-corrected chi connectivity index (χ3v) is 6.38. The summed E-state index contributed by atoms with van der Waals surface area (Å²) in [6.45, 7) is 4.25. The number of nitrogens with zero attached hydrogens (tertiary/aromatic N) is 3. The molecule has 2 aromatic heterocycles. The molecule has 0 atom stereocenters. The highest BCUT2D eigenvalue weighted by Crippen LogP contribution is 2.27. The van der Waals surface area contributed by atoms with Gasteiger partial charge in [0.1, 0.15) is 11.6 Å². The highest BCUT2D eigenvalue weighted by atomic mass is 19.1. The summed E-state index contributed by atoms with van der Waals surface area (Å²) in [6, 6.07) is 13.5. The van der Waals surface area contributed by atoms with Crippen LogP contribution in [0.5, 0.6) is 11.5 Å². The van der Waals surface area contributed by atoms with E-state index in [1.165, 1.54) is 36.4 Å². The summed E-state index contributed by atoms with van der Waals surface area (Å²) in [6.07, 6.45) is 8.39. The Hall–Kier alpha value is -5.19. The van der Waals surface area contributed by atoms with E-state index >= 15 is 0 Å². The largest absolute Gasteiger partial charge is 0.454 e. The van der Waals surface area contributed by atoms with Gasteiger partial charge in [-0.3, -0.25) is 24.6 Å². The molecule has 2 heterocycles. The van der Waals surface area contributed by atoms with Gasteiger partial charge >= 0.3 is 6.03 Å². The maximum Gasteiger partial charge on any atom is 0.325 e. The molecule has 43 heavy (non-hydrogen) atoms. The van der Waals surface area contributed by atoms with Crippen LogP contribution in [0.15, 0.2) is 91.4 Å². The van der Waals surface area contributed by atoms with Gasteiger partial charge < -0.3 is 10.1 Å². The van der Waals surface area contributed by atoms with Crippen LogP contribution in [0.25, 0.3) is 0 Å². The number of amides is 3. The van der Waals surface area contributed by atoms with Crippen molar-refractivity contribution in [1.82, 2.24) is 20.1 Å². The number of nitrogens with one attached hydrogen (secondary N) is 2. The van der Waals surface area contributed by atoms with E-state index < -0.39 is 23.6 Å². The Labute approximate surface area is 247 Å². The molecule has 0 saturated carbocycles. The van der Waals surface area contributed by atoms with Gasteiger partial charge in [-0.1, -0.05) is 25.1 Å². The van der Waals surface area contributed by atoms with Crippen LogP contribution < -0.4 is 15.4 Å². The summed E-state index contributed by atoms with van der Waals surface area (Å²) in [7, 11) is 0. The molecular formula is C32H31F2N5O4. The van der Waals surface area contributed by atoms with E-state index in [0.29, 0.717) is 36.3 Å². The highest BCUT2D eigenvalue weighted by Gasteiger charge is 2.12. The van der Waals surface area contributed by atoms with E-state index in [1.54, 1.807) is 41.5 Å². The molecule has 2 N–H and O–H groups in total. The number of ketones is 1. The zero-order chi connectivity index (χ0) is 30.6. The summed E-state index contributed by atoms with van der Waals surface area (Å²) in [5.74, 6) is -1.36. The van der Waals surface area contributed by atoms with E-state index in [0.717, 1.165) is 31.0 Å². The number of carbonyl (C=O) groups excluding carboxylic acids is 3. The predicted molar refractivity (Wildman–Crippen MR) is 157 cm³/mol. The number of ether oxygens (including phenoxy) is 1. The Balaban J connectivity index is 1.19. The Morgan fingerprint density at radius 1 is 0.953 bits per heavy atom. The molecule has 4 rings (SSSR count). The van der Waals surface area contributed by atoms with Gasteiger partial charge in [0.25, 0.3) is 0 Å². The number of anilines is 1. The zero-order valence-corrected chi connectivity index (χ0v) is 23.4. The second kappa shape index (κ2) is 15.2. The maximum atomic E-state index is 14.7. The number of carbonyl (C=O) groups is 3. The summed E-state index contributed by atoms with van der Waals surface area (Å²) in [5, 5.41) is 8.63. The van der Waals surface area contributed by atoms with Gasteiger partial charge in [0.2, 0.25) is 5.91 Å². The average Bonchev–Trinajstić information content (AvgIpc) is 3.48. The zero-order valence-electron chi connectivity index (χ0n) is 23.4. The molecule has 2 aromatic carbocycles. The highest BCUT2D eigenvalue weighted by molar-refractivity contribution is 6.01. The quantitative estimate of drug-likeness (QED) is 0.135. The molecule has 0 radical (unpaired) electrons. The molecular weight excluding hydrogens is 556 g/mol. The molecule has 0 aliphatic heterocycles. The van der Waals surface area contributed by atoms with E-state index in [9.17, 15) is 23.2 Å². The SMILES string of the molecule is C=C(Cn1cccn1)C(=O)CCCCCc1cc(Oc2ccc(NC(=O)NC(=O)Cc3ccc(F)cc3)cc2F)ccn1. The molecule has 222 valence electrons. The van der Waals surface area contributed by atoms with Crippen molar-refractivity contribution in [1.29, 1.82) is 0 Å². The number of hydrogen-bond donors (Lipinski definition) is 2. The topological polar surface area (TPSA) is 115 Å². The minimum absolute atomic E-state index is 0.0308. The van der Waals surface area contributed by atoms with Gasteiger partial charge in [-0.15, -0.1) is 0 Å². The van der Waals surface area contributed by atoms with Crippen molar-refractivity contribution in [3.8, 4) is 11.5 Å². The van der Waals surface area contributed by atoms with Crippen LogP contribution in [-0.2, 0) is 29.0 Å². The van der Waals surface area contributed by atoms with Gasteiger partial charge in [0.05, 0.1) is 13.0 Å². The van der Waals surface area contributed by atoms with E-state index in [4.69, 9.17) is 4.74 Å². The molecule has 0 saturated heterocycles. The minimum Gasteiger partial charge on any atom is -0.454 e.